The quantitative estimate of drug-likeness (QED) is 0.755. The molecule has 2 rings (SSSR count). The molecule has 0 aromatic carbocycles. The van der Waals surface area contributed by atoms with Gasteiger partial charge in [0.1, 0.15) is 0 Å². The highest BCUT2D eigenvalue weighted by molar-refractivity contribution is 5.07. The number of fused-ring (bicyclic) bond motifs is 2. The first-order chi connectivity index (χ1) is 8.11. The van der Waals surface area contributed by atoms with Crippen LogP contribution in [0.15, 0.2) is 11.6 Å². The van der Waals surface area contributed by atoms with Crippen LogP contribution in [0.3, 0.4) is 0 Å². The Morgan fingerprint density at radius 2 is 1.88 bits per heavy atom. The summed E-state index contributed by atoms with van der Waals surface area (Å²) >= 11 is 0. The van der Waals surface area contributed by atoms with E-state index in [1.807, 2.05) is 0 Å². The van der Waals surface area contributed by atoms with Gasteiger partial charge in [-0.05, 0) is 59.0 Å². The Labute approximate surface area is 106 Å². The van der Waals surface area contributed by atoms with Crippen molar-refractivity contribution in [3.8, 4) is 0 Å². The molecule has 0 aromatic rings. The van der Waals surface area contributed by atoms with Gasteiger partial charge in [-0.1, -0.05) is 18.6 Å². The number of piperidine rings is 1. The van der Waals surface area contributed by atoms with Gasteiger partial charge in [0, 0.05) is 18.1 Å². The smallest absolute Gasteiger partial charge is 0.0281 e. The van der Waals surface area contributed by atoms with Gasteiger partial charge in [-0.15, -0.1) is 0 Å². The molecule has 2 aliphatic rings. The third-order valence-electron chi connectivity index (χ3n) is 4.60. The standard InChI is InChI=1S/C15H28N2/c1-5-16-15(8-11(2)3)12-9-13-6-7-14(10-12)17(13)4/h8,12-16H,5-7,9-10H2,1-4H3. The summed E-state index contributed by atoms with van der Waals surface area (Å²) < 4.78 is 0. The zero-order valence-corrected chi connectivity index (χ0v) is 11.9. The molecule has 0 aliphatic carbocycles. The first kappa shape index (κ1) is 13.1. The summed E-state index contributed by atoms with van der Waals surface area (Å²) in [5, 5.41) is 3.67. The van der Waals surface area contributed by atoms with Crippen LogP contribution in [-0.2, 0) is 0 Å². The van der Waals surface area contributed by atoms with E-state index in [1.54, 1.807) is 0 Å². The Morgan fingerprint density at radius 1 is 1.29 bits per heavy atom. The van der Waals surface area contributed by atoms with Gasteiger partial charge in [0.15, 0.2) is 0 Å². The van der Waals surface area contributed by atoms with Crippen molar-refractivity contribution >= 4 is 0 Å². The lowest BCUT2D eigenvalue weighted by Crippen LogP contribution is -2.46. The van der Waals surface area contributed by atoms with Gasteiger partial charge < -0.3 is 10.2 Å². The second-order valence-electron chi connectivity index (χ2n) is 6.11. The SMILES string of the molecule is CCNC(C=C(C)C)C1CC2CCC(C1)N2C. The van der Waals surface area contributed by atoms with Crippen molar-refractivity contribution in [3.05, 3.63) is 11.6 Å². The van der Waals surface area contributed by atoms with E-state index in [4.69, 9.17) is 0 Å². The summed E-state index contributed by atoms with van der Waals surface area (Å²) in [6.07, 6.45) is 8.05. The fourth-order valence-electron chi connectivity index (χ4n) is 3.70. The van der Waals surface area contributed by atoms with Gasteiger partial charge in [-0.3, -0.25) is 0 Å². The first-order valence-electron chi connectivity index (χ1n) is 7.22. The molecule has 0 radical (unpaired) electrons. The molecule has 0 amide bonds. The van der Waals surface area contributed by atoms with Crippen molar-refractivity contribution in [2.75, 3.05) is 13.6 Å². The Kier molecular flexibility index (Phi) is 4.26. The predicted molar refractivity (Wildman–Crippen MR) is 74.2 cm³/mol. The molecular weight excluding hydrogens is 208 g/mol. The number of likely N-dealkylation sites (N-methyl/N-ethyl adjacent to an activating group) is 1. The fourth-order valence-corrected chi connectivity index (χ4v) is 3.70. The number of nitrogens with zero attached hydrogens (tertiary/aromatic N) is 1. The molecule has 2 heteroatoms. The minimum Gasteiger partial charge on any atom is -0.311 e. The third kappa shape index (κ3) is 2.92. The van der Waals surface area contributed by atoms with Gasteiger partial charge in [0.2, 0.25) is 0 Å². The number of hydrogen-bond acceptors (Lipinski definition) is 2. The molecule has 1 N–H and O–H groups in total. The highest BCUT2D eigenvalue weighted by Crippen LogP contribution is 2.39. The number of rotatable bonds is 4. The van der Waals surface area contributed by atoms with E-state index in [1.165, 1.54) is 31.3 Å². The topological polar surface area (TPSA) is 15.3 Å². The molecular formula is C15H28N2. The monoisotopic (exact) mass is 236 g/mol. The maximum Gasteiger partial charge on any atom is 0.0281 e. The Balaban J connectivity index is 2.03. The Hall–Kier alpha value is -0.340. The maximum atomic E-state index is 3.67. The molecule has 2 fully saturated rings. The molecule has 2 nitrogen and oxygen atoms in total. The van der Waals surface area contributed by atoms with E-state index < -0.39 is 0 Å². The molecule has 0 saturated carbocycles. The van der Waals surface area contributed by atoms with Gasteiger partial charge in [-0.25, -0.2) is 0 Å². The molecule has 2 heterocycles. The molecule has 0 aromatic heterocycles. The summed E-state index contributed by atoms with van der Waals surface area (Å²) in [5.41, 5.74) is 1.45. The van der Waals surface area contributed by atoms with Crippen LogP contribution in [-0.4, -0.2) is 36.6 Å². The van der Waals surface area contributed by atoms with Crippen molar-refractivity contribution in [2.45, 2.75) is 64.6 Å². The molecule has 98 valence electrons. The maximum absolute atomic E-state index is 3.67. The summed E-state index contributed by atoms with van der Waals surface area (Å²) in [6, 6.07) is 2.30. The number of hydrogen-bond donors (Lipinski definition) is 1. The number of nitrogens with one attached hydrogen (secondary N) is 1. The lowest BCUT2D eigenvalue weighted by molar-refractivity contribution is 0.121. The minimum absolute atomic E-state index is 0.599. The van der Waals surface area contributed by atoms with E-state index in [0.717, 1.165) is 24.5 Å². The van der Waals surface area contributed by atoms with E-state index in [0.29, 0.717) is 6.04 Å². The van der Waals surface area contributed by atoms with Gasteiger partial charge >= 0.3 is 0 Å². The molecule has 2 bridgehead atoms. The largest absolute Gasteiger partial charge is 0.311 e. The summed E-state index contributed by atoms with van der Waals surface area (Å²) in [7, 11) is 2.32. The minimum atomic E-state index is 0.599. The zero-order chi connectivity index (χ0) is 12.4. The van der Waals surface area contributed by atoms with Crippen molar-refractivity contribution in [1.29, 1.82) is 0 Å². The molecule has 3 unspecified atom stereocenters. The van der Waals surface area contributed by atoms with Gasteiger partial charge in [0.05, 0.1) is 0 Å². The zero-order valence-electron chi connectivity index (χ0n) is 11.9. The molecule has 0 spiro atoms. The molecule has 2 saturated heterocycles. The summed E-state index contributed by atoms with van der Waals surface area (Å²) in [6.45, 7) is 7.73. The lowest BCUT2D eigenvalue weighted by Gasteiger charge is -2.39. The van der Waals surface area contributed by atoms with Crippen LogP contribution in [0.4, 0.5) is 0 Å². The average molecular weight is 236 g/mol. The lowest BCUT2D eigenvalue weighted by atomic mass is 9.84. The van der Waals surface area contributed by atoms with Crippen LogP contribution in [0, 0.1) is 5.92 Å². The Bertz CT molecular complexity index is 267. The third-order valence-corrected chi connectivity index (χ3v) is 4.60. The fraction of sp³-hybridized carbons (Fsp3) is 0.867. The van der Waals surface area contributed by atoms with Crippen LogP contribution in [0.5, 0.6) is 0 Å². The Morgan fingerprint density at radius 3 is 2.35 bits per heavy atom. The van der Waals surface area contributed by atoms with Gasteiger partial charge in [0.25, 0.3) is 0 Å². The first-order valence-corrected chi connectivity index (χ1v) is 7.22. The van der Waals surface area contributed by atoms with Crippen LogP contribution in [0.2, 0.25) is 0 Å². The van der Waals surface area contributed by atoms with Gasteiger partial charge in [-0.2, -0.15) is 0 Å². The molecule has 17 heavy (non-hydrogen) atoms. The molecule has 3 atom stereocenters. The van der Waals surface area contributed by atoms with Crippen molar-refractivity contribution < 1.29 is 0 Å². The second kappa shape index (κ2) is 5.53. The van der Waals surface area contributed by atoms with Crippen molar-refractivity contribution in [3.63, 3.8) is 0 Å². The van der Waals surface area contributed by atoms with Crippen LogP contribution in [0.1, 0.15) is 46.5 Å². The normalized spacial score (nSPS) is 34.7. The highest BCUT2D eigenvalue weighted by Gasteiger charge is 2.40. The van der Waals surface area contributed by atoms with Crippen LogP contribution >= 0.6 is 0 Å². The average Bonchev–Trinajstić information content (AvgIpc) is 2.52. The highest BCUT2D eigenvalue weighted by atomic mass is 15.2. The van der Waals surface area contributed by atoms with Crippen LogP contribution in [0.25, 0.3) is 0 Å². The summed E-state index contributed by atoms with van der Waals surface area (Å²) in [5.74, 6) is 0.846. The second-order valence-corrected chi connectivity index (χ2v) is 6.11. The van der Waals surface area contributed by atoms with Crippen molar-refractivity contribution in [1.82, 2.24) is 10.2 Å². The van der Waals surface area contributed by atoms with E-state index in [2.05, 4.69) is 44.1 Å². The number of allylic oxidation sites excluding steroid dienone is 1. The summed E-state index contributed by atoms with van der Waals surface area (Å²) in [4.78, 5) is 2.63. The van der Waals surface area contributed by atoms with Crippen LogP contribution < -0.4 is 5.32 Å². The van der Waals surface area contributed by atoms with Crippen molar-refractivity contribution in [2.24, 2.45) is 5.92 Å². The predicted octanol–water partition coefficient (Wildman–Crippen LogP) is 2.80. The van der Waals surface area contributed by atoms with E-state index >= 15 is 0 Å². The molecule has 2 aliphatic heterocycles. The van der Waals surface area contributed by atoms with E-state index in [-0.39, 0.29) is 0 Å². The van der Waals surface area contributed by atoms with E-state index in [9.17, 15) is 0 Å².